The number of nitrogens with one attached hydrogen (secondary N) is 1. The van der Waals surface area contributed by atoms with Crippen LogP contribution in [0, 0.1) is 0 Å². The van der Waals surface area contributed by atoms with Gasteiger partial charge >= 0.3 is 17.9 Å². The highest BCUT2D eigenvalue weighted by Gasteiger charge is 2.48. The van der Waals surface area contributed by atoms with E-state index in [9.17, 15) is 9.59 Å². The third-order valence-corrected chi connectivity index (χ3v) is 4.26. The molecular formula is C19H26N2O7. The number of nitrogens with zero attached hydrogens (tertiary/aromatic N) is 1. The van der Waals surface area contributed by atoms with Crippen molar-refractivity contribution in [1.82, 2.24) is 5.32 Å². The van der Waals surface area contributed by atoms with Crippen molar-refractivity contribution in [1.29, 1.82) is 0 Å². The van der Waals surface area contributed by atoms with Crippen LogP contribution in [0.3, 0.4) is 0 Å². The van der Waals surface area contributed by atoms with E-state index in [2.05, 4.69) is 5.32 Å². The van der Waals surface area contributed by atoms with Crippen LogP contribution in [-0.2, 0) is 23.9 Å². The first kappa shape index (κ1) is 23.1. The molecule has 1 aliphatic heterocycles. The lowest BCUT2D eigenvalue weighted by atomic mass is 9.85. The Morgan fingerprint density at radius 3 is 2.00 bits per heavy atom. The normalized spacial score (nSPS) is 14.8. The van der Waals surface area contributed by atoms with Gasteiger partial charge in [0.25, 0.3) is 0 Å². The highest BCUT2D eigenvalue weighted by Crippen LogP contribution is 2.33. The molecule has 28 heavy (non-hydrogen) atoms. The van der Waals surface area contributed by atoms with Gasteiger partial charge in [-0.2, -0.15) is 0 Å². The molecule has 3 N–H and O–H groups in total. The predicted octanol–water partition coefficient (Wildman–Crippen LogP) is 1.27. The molecule has 0 bridgehead atoms. The van der Waals surface area contributed by atoms with E-state index < -0.39 is 17.5 Å². The van der Waals surface area contributed by atoms with Crippen LogP contribution in [0.4, 0.5) is 5.69 Å². The van der Waals surface area contributed by atoms with Crippen LogP contribution in [0.1, 0.15) is 33.1 Å². The molecule has 1 aromatic rings. The van der Waals surface area contributed by atoms with E-state index in [-0.39, 0.29) is 11.9 Å². The summed E-state index contributed by atoms with van der Waals surface area (Å²) in [6.07, 6.45) is 1.47. The molecule has 0 spiro atoms. The minimum absolute atomic E-state index is 0.0545. The molecule has 0 aromatic heterocycles. The number of amides is 1. The summed E-state index contributed by atoms with van der Waals surface area (Å²) in [5.41, 5.74) is -0.153. The fraction of sp³-hybridized carbons (Fsp3) is 0.474. The van der Waals surface area contributed by atoms with Gasteiger partial charge in [0.1, 0.15) is 5.54 Å². The Kier molecular flexibility index (Phi) is 9.10. The van der Waals surface area contributed by atoms with Crippen LogP contribution in [0.25, 0.3) is 0 Å². The highest BCUT2D eigenvalue weighted by molar-refractivity contribution is 6.27. The van der Waals surface area contributed by atoms with Crippen molar-refractivity contribution in [2.45, 2.75) is 38.6 Å². The Hall–Kier alpha value is -2.94. The number of para-hydroxylation sites is 1. The predicted molar refractivity (Wildman–Crippen MR) is 101 cm³/mol. The molecule has 1 saturated heterocycles. The summed E-state index contributed by atoms with van der Waals surface area (Å²) in [5, 5.41) is 18.0. The summed E-state index contributed by atoms with van der Waals surface area (Å²) >= 11 is 0. The van der Waals surface area contributed by atoms with Gasteiger partial charge in [-0.25, -0.2) is 14.4 Å². The second kappa shape index (κ2) is 11.0. The lowest BCUT2D eigenvalue weighted by molar-refractivity contribution is -0.159. The van der Waals surface area contributed by atoms with Gasteiger partial charge in [-0.1, -0.05) is 25.1 Å². The topological polar surface area (TPSA) is 133 Å². The van der Waals surface area contributed by atoms with E-state index in [1.54, 1.807) is 11.8 Å². The Bertz CT molecular complexity index is 673. The van der Waals surface area contributed by atoms with Gasteiger partial charge < -0.3 is 20.3 Å². The minimum Gasteiger partial charge on any atom is -0.473 e. The molecular weight excluding hydrogens is 368 g/mol. The molecule has 1 fully saturated rings. The van der Waals surface area contributed by atoms with Crippen LogP contribution in [0.5, 0.6) is 0 Å². The van der Waals surface area contributed by atoms with Crippen LogP contribution in [-0.4, -0.2) is 59.3 Å². The second-order valence-electron chi connectivity index (χ2n) is 6.03. The molecule has 0 saturated carbocycles. The van der Waals surface area contributed by atoms with E-state index in [1.165, 1.54) is 0 Å². The molecule has 0 aliphatic carbocycles. The molecule has 9 nitrogen and oxygen atoms in total. The summed E-state index contributed by atoms with van der Waals surface area (Å²) < 4.78 is 5.32. The monoisotopic (exact) mass is 394 g/mol. The molecule has 1 aliphatic rings. The standard InChI is InChI=1S/C17H24N2O3.C2H2O4/c1-3-15(20)19(14-8-6-5-7-9-14)17(16(21)22-4-2)10-12-18-13-11-17;3-1(4)2(5)6/h5-9,18H,3-4,10-13H2,1-2H3;(H,3,4)(H,5,6). The summed E-state index contributed by atoms with van der Waals surface area (Å²) in [6.45, 7) is 5.31. The smallest absolute Gasteiger partial charge is 0.414 e. The number of ether oxygens (including phenoxy) is 1. The zero-order valence-electron chi connectivity index (χ0n) is 16.0. The van der Waals surface area contributed by atoms with Crippen LogP contribution in [0.15, 0.2) is 30.3 Å². The number of carbonyl (C=O) groups excluding carboxylic acids is 2. The maximum Gasteiger partial charge on any atom is 0.414 e. The number of piperidine rings is 1. The molecule has 1 aromatic carbocycles. The summed E-state index contributed by atoms with van der Waals surface area (Å²) in [5.74, 6) is -4.01. The number of carboxylic acids is 2. The number of aliphatic carboxylic acids is 2. The number of hydrogen-bond donors (Lipinski definition) is 3. The Balaban J connectivity index is 0.000000568. The van der Waals surface area contributed by atoms with Gasteiger partial charge in [-0.05, 0) is 45.0 Å². The molecule has 0 atom stereocenters. The van der Waals surface area contributed by atoms with E-state index >= 15 is 0 Å². The quantitative estimate of drug-likeness (QED) is 0.502. The van der Waals surface area contributed by atoms with E-state index in [1.807, 2.05) is 37.3 Å². The number of rotatable bonds is 5. The molecule has 0 unspecified atom stereocenters. The number of esters is 1. The van der Waals surface area contributed by atoms with Crippen LogP contribution in [0.2, 0.25) is 0 Å². The van der Waals surface area contributed by atoms with E-state index in [0.717, 1.165) is 5.69 Å². The number of carbonyl (C=O) groups is 4. The maximum absolute atomic E-state index is 12.7. The number of anilines is 1. The maximum atomic E-state index is 12.7. The third-order valence-electron chi connectivity index (χ3n) is 4.26. The largest absolute Gasteiger partial charge is 0.473 e. The lowest BCUT2D eigenvalue weighted by Crippen LogP contribution is -2.62. The lowest BCUT2D eigenvalue weighted by Gasteiger charge is -2.44. The van der Waals surface area contributed by atoms with Gasteiger partial charge in [0.05, 0.1) is 6.61 Å². The van der Waals surface area contributed by atoms with Crippen molar-refractivity contribution in [3.8, 4) is 0 Å². The highest BCUT2D eigenvalue weighted by atomic mass is 16.5. The van der Waals surface area contributed by atoms with Gasteiger partial charge in [0, 0.05) is 12.1 Å². The van der Waals surface area contributed by atoms with Crippen molar-refractivity contribution >= 4 is 29.5 Å². The van der Waals surface area contributed by atoms with Gasteiger partial charge in [-0.3, -0.25) is 9.69 Å². The first-order chi connectivity index (χ1) is 13.3. The van der Waals surface area contributed by atoms with Gasteiger partial charge in [0.15, 0.2) is 0 Å². The molecule has 1 heterocycles. The van der Waals surface area contributed by atoms with Crippen LogP contribution < -0.4 is 10.2 Å². The van der Waals surface area contributed by atoms with Crippen molar-refractivity contribution < 1.29 is 34.1 Å². The summed E-state index contributed by atoms with van der Waals surface area (Å²) in [6, 6.07) is 9.40. The summed E-state index contributed by atoms with van der Waals surface area (Å²) in [4.78, 5) is 45.2. The van der Waals surface area contributed by atoms with Crippen molar-refractivity contribution in [2.24, 2.45) is 0 Å². The average Bonchev–Trinajstić information content (AvgIpc) is 2.70. The third kappa shape index (κ3) is 5.78. The number of hydrogen-bond acceptors (Lipinski definition) is 6. The summed E-state index contributed by atoms with van der Waals surface area (Å²) in [7, 11) is 0. The molecule has 1 amide bonds. The van der Waals surface area contributed by atoms with Crippen molar-refractivity contribution in [3.05, 3.63) is 30.3 Å². The van der Waals surface area contributed by atoms with Gasteiger partial charge in [-0.15, -0.1) is 0 Å². The average molecular weight is 394 g/mol. The zero-order chi connectivity index (χ0) is 21.2. The Morgan fingerprint density at radius 2 is 1.57 bits per heavy atom. The zero-order valence-corrected chi connectivity index (χ0v) is 16.0. The fourth-order valence-corrected chi connectivity index (χ4v) is 2.99. The van der Waals surface area contributed by atoms with E-state index in [4.69, 9.17) is 24.5 Å². The second-order valence-corrected chi connectivity index (χ2v) is 6.03. The Morgan fingerprint density at radius 1 is 1.04 bits per heavy atom. The first-order valence-electron chi connectivity index (χ1n) is 9.02. The molecule has 9 heteroatoms. The fourth-order valence-electron chi connectivity index (χ4n) is 2.99. The van der Waals surface area contributed by atoms with Crippen molar-refractivity contribution in [3.63, 3.8) is 0 Å². The minimum atomic E-state index is -1.82. The first-order valence-corrected chi connectivity index (χ1v) is 9.02. The SMILES string of the molecule is CCOC(=O)C1(N(C(=O)CC)c2ccccc2)CCNCC1.O=C(O)C(=O)O. The Labute approximate surface area is 163 Å². The van der Waals surface area contributed by atoms with Crippen molar-refractivity contribution in [2.75, 3.05) is 24.6 Å². The van der Waals surface area contributed by atoms with Gasteiger partial charge in [0.2, 0.25) is 5.91 Å². The number of benzene rings is 1. The van der Waals surface area contributed by atoms with Crippen LogP contribution >= 0.6 is 0 Å². The number of carboxylic acid groups (broad SMARTS) is 2. The molecule has 2 rings (SSSR count). The molecule has 154 valence electrons. The van der Waals surface area contributed by atoms with E-state index in [0.29, 0.717) is 39.0 Å². The molecule has 0 radical (unpaired) electrons.